The molecule has 1 unspecified atom stereocenters. The van der Waals surface area contributed by atoms with Crippen molar-refractivity contribution in [2.45, 2.75) is 38.5 Å². The average Bonchev–Trinajstić information content (AvgIpc) is 3.18. The van der Waals surface area contributed by atoms with Gasteiger partial charge in [0.15, 0.2) is 0 Å². The molecule has 0 bridgehead atoms. The van der Waals surface area contributed by atoms with Crippen molar-refractivity contribution >= 4 is 25.6 Å². The Balaban J connectivity index is 2.19. The molecule has 0 aromatic heterocycles. The first-order valence-corrected chi connectivity index (χ1v) is 9.35. The van der Waals surface area contributed by atoms with Gasteiger partial charge < -0.3 is 5.32 Å². The molecule has 1 saturated carbocycles. The Hall–Kier alpha value is -1.07. The molecule has 2 rings (SSSR count). The van der Waals surface area contributed by atoms with Gasteiger partial charge in [-0.3, -0.25) is 4.79 Å². The third kappa shape index (κ3) is 3.98. The predicted molar refractivity (Wildman–Crippen MR) is 83.2 cm³/mol. The smallest absolute Gasteiger partial charge is 0.261 e. The highest BCUT2D eigenvalue weighted by atomic mass is 35.7. The molecule has 1 N–H and O–H groups in total. The van der Waals surface area contributed by atoms with Gasteiger partial charge in [-0.05, 0) is 55.7 Å². The molecule has 4 nitrogen and oxygen atoms in total. The van der Waals surface area contributed by atoms with Crippen LogP contribution >= 0.6 is 10.7 Å². The Morgan fingerprint density at radius 2 is 1.95 bits per heavy atom. The van der Waals surface area contributed by atoms with Crippen LogP contribution in [0, 0.1) is 25.7 Å². The Bertz CT molecular complexity index is 666. The molecule has 116 valence electrons. The van der Waals surface area contributed by atoms with Gasteiger partial charge in [0.25, 0.3) is 15.0 Å². The lowest BCUT2D eigenvalue weighted by atomic mass is 10.0. The fourth-order valence-electron chi connectivity index (χ4n) is 2.52. The fraction of sp³-hybridized carbons (Fsp3) is 0.533. The van der Waals surface area contributed by atoms with Crippen molar-refractivity contribution in [2.24, 2.45) is 11.8 Å². The van der Waals surface area contributed by atoms with E-state index in [2.05, 4.69) is 12.2 Å². The van der Waals surface area contributed by atoms with Crippen LogP contribution in [-0.2, 0) is 9.05 Å². The van der Waals surface area contributed by atoms with Crippen LogP contribution in [-0.4, -0.2) is 20.9 Å². The molecular weight excluding hydrogens is 310 g/mol. The number of amides is 1. The highest BCUT2D eigenvalue weighted by Crippen LogP contribution is 2.36. The highest BCUT2D eigenvalue weighted by Gasteiger charge is 2.28. The van der Waals surface area contributed by atoms with Crippen molar-refractivity contribution < 1.29 is 13.2 Å². The zero-order valence-electron chi connectivity index (χ0n) is 12.4. The lowest BCUT2D eigenvalue weighted by Crippen LogP contribution is -2.29. The van der Waals surface area contributed by atoms with E-state index in [1.165, 1.54) is 18.9 Å². The second-order valence-corrected chi connectivity index (χ2v) is 8.43. The first-order valence-electron chi connectivity index (χ1n) is 7.04. The summed E-state index contributed by atoms with van der Waals surface area (Å²) in [6.45, 7) is 6.18. The molecular formula is C15H20ClNO3S. The van der Waals surface area contributed by atoms with Gasteiger partial charge >= 0.3 is 0 Å². The monoisotopic (exact) mass is 329 g/mol. The van der Waals surface area contributed by atoms with Crippen LogP contribution in [0.25, 0.3) is 0 Å². The van der Waals surface area contributed by atoms with Crippen molar-refractivity contribution in [3.8, 4) is 0 Å². The zero-order chi connectivity index (χ0) is 15.8. The topological polar surface area (TPSA) is 63.2 Å². The Kier molecular flexibility index (Phi) is 4.63. The third-order valence-electron chi connectivity index (χ3n) is 4.04. The van der Waals surface area contributed by atoms with Crippen LogP contribution < -0.4 is 5.32 Å². The van der Waals surface area contributed by atoms with Crippen LogP contribution in [0.3, 0.4) is 0 Å². The maximum absolute atomic E-state index is 12.3. The van der Waals surface area contributed by atoms with E-state index >= 15 is 0 Å². The zero-order valence-corrected chi connectivity index (χ0v) is 14.0. The number of halogens is 1. The molecule has 1 aromatic carbocycles. The SMILES string of the molecule is Cc1cc(C)c(S(=O)(=O)Cl)cc1C(=O)NCC(C)C1CC1. The number of aryl methyl sites for hydroxylation is 2. The molecule has 1 atom stereocenters. The van der Waals surface area contributed by atoms with Gasteiger partial charge in [-0.1, -0.05) is 13.0 Å². The van der Waals surface area contributed by atoms with Crippen LogP contribution in [0.4, 0.5) is 0 Å². The minimum absolute atomic E-state index is 0.00448. The van der Waals surface area contributed by atoms with Crippen molar-refractivity contribution in [1.29, 1.82) is 0 Å². The van der Waals surface area contributed by atoms with Crippen LogP contribution in [0.5, 0.6) is 0 Å². The van der Waals surface area contributed by atoms with Gasteiger partial charge in [-0.2, -0.15) is 0 Å². The molecule has 1 fully saturated rings. The van der Waals surface area contributed by atoms with Crippen molar-refractivity contribution in [3.63, 3.8) is 0 Å². The van der Waals surface area contributed by atoms with Gasteiger partial charge in [0.05, 0.1) is 4.90 Å². The molecule has 0 spiro atoms. The largest absolute Gasteiger partial charge is 0.352 e. The van der Waals surface area contributed by atoms with Gasteiger partial charge in [-0.25, -0.2) is 8.42 Å². The van der Waals surface area contributed by atoms with Crippen LogP contribution in [0.1, 0.15) is 41.3 Å². The molecule has 21 heavy (non-hydrogen) atoms. The van der Waals surface area contributed by atoms with Crippen molar-refractivity contribution in [2.75, 3.05) is 6.54 Å². The highest BCUT2D eigenvalue weighted by molar-refractivity contribution is 8.13. The summed E-state index contributed by atoms with van der Waals surface area (Å²) in [5.41, 5.74) is 1.65. The molecule has 0 heterocycles. The number of nitrogens with one attached hydrogen (secondary N) is 1. The van der Waals surface area contributed by atoms with E-state index in [0.29, 0.717) is 29.5 Å². The number of hydrogen-bond acceptors (Lipinski definition) is 3. The minimum atomic E-state index is -3.85. The summed E-state index contributed by atoms with van der Waals surface area (Å²) in [6, 6.07) is 3.04. The number of benzene rings is 1. The summed E-state index contributed by atoms with van der Waals surface area (Å²) in [5, 5.41) is 2.88. The van der Waals surface area contributed by atoms with E-state index in [-0.39, 0.29) is 10.8 Å². The molecule has 0 radical (unpaired) electrons. The summed E-state index contributed by atoms with van der Waals surface area (Å²) in [4.78, 5) is 12.2. The summed E-state index contributed by atoms with van der Waals surface area (Å²) in [7, 11) is 1.56. The fourth-order valence-corrected chi connectivity index (χ4v) is 3.72. The Labute approximate surface area is 130 Å². The maximum Gasteiger partial charge on any atom is 0.261 e. The first-order chi connectivity index (χ1) is 9.70. The maximum atomic E-state index is 12.3. The molecule has 0 saturated heterocycles. The van der Waals surface area contributed by atoms with E-state index in [9.17, 15) is 13.2 Å². The molecule has 1 aromatic rings. The van der Waals surface area contributed by atoms with E-state index < -0.39 is 9.05 Å². The number of hydrogen-bond donors (Lipinski definition) is 1. The van der Waals surface area contributed by atoms with Crippen LogP contribution in [0.2, 0.25) is 0 Å². The van der Waals surface area contributed by atoms with E-state index in [1.807, 2.05) is 0 Å². The second-order valence-electron chi connectivity index (χ2n) is 5.90. The van der Waals surface area contributed by atoms with Gasteiger partial charge in [0.1, 0.15) is 0 Å². The Morgan fingerprint density at radius 1 is 1.33 bits per heavy atom. The second kappa shape index (κ2) is 5.97. The van der Waals surface area contributed by atoms with Gasteiger partial charge in [0, 0.05) is 22.8 Å². The molecule has 1 aliphatic rings. The molecule has 1 aliphatic carbocycles. The summed E-state index contributed by atoms with van der Waals surface area (Å²) in [6.07, 6.45) is 2.46. The lowest BCUT2D eigenvalue weighted by molar-refractivity contribution is 0.0946. The Morgan fingerprint density at radius 3 is 2.48 bits per heavy atom. The third-order valence-corrected chi connectivity index (χ3v) is 5.50. The summed E-state index contributed by atoms with van der Waals surface area (Å²) >= 11 is 0. The van der Waals surface area contributed by atoms with E-state index in [4.69, 9.17) is 10.7 Å². The molecule has 1 amide bonds. The number of carbonyl (C=O) groups excluding carboxylic acids is 1. The molecule has 6 heteroatoms. The van der Waals surface area contributed by atoms with Gasteiger partial charge in [-0.15, -0.1) is 0 Å². The summed E-state index contributed by atoms with van der Waals surface area (Å²) < 4.78 is 23.1. The lowest BCUT2D eigenvalue weighted by Gasteiger charge is -2.14. The summed E-state index contributed by atoms with van der Waals surface area (Å²) in [5.74, 6) is 0.917. The van der Waals surface area contributed by atoms with Crippen molar-refractivity contribution in [1.82, 2.24) is 5.32 Å². The van der Waals surface area contributed by atoms with E-state index in [1.54, 1.807) is 19.9 Å². The average molecular weight is 330 g/mol. The number of carbonyl (C=O) groups is 1. The van der Waals surface area contributed by atoms with E-state index in [0.717, 1.165) is 5.56 Å². The number of rotatable bonds is 5. The first kappa shape index (κ1) is 16.3. The van der Waals surface area contributed by atoms with Crippen LogP contribution in [0.15, 0.2) is 17.0 Å². The minimum Gasteiger partial charge on any atom is -0.352 e. The predicted octanol–water partition coefficient (Wildman–Crippen LogP) is 3.01. The quantitative estimate of drug-likeness (QED) is 0.845. The van der Waals surface area contributed by atoms with Gasteiger partial charge in [0.2, 0.25) is 0 Å². The standard InChI is InChI=1S/C15H20ClNO3S/c1-9-6-10(2)14(21(16,19)20)7-13(9)15(18)17-8-11(3)12-4-5-12/h6-7,11-12H,4-5,8H2,1-3H3,(H,17,18). The molecule has 0 aliphatic heterocycles. The van der Waals surface area contributed by atoms with Crippen molar-refractivity contribution in [3.05, 3.63) is 28.8 Å². The normalized spacial score (nSPS) is 16.6.